The quantitative estimate of drug-likeness (QED) is 0.537. The zero-order valence-electron chi connectivity index (χ0n) is 19.7. The van der Waals surface area contributed by atoms with Gasteiger partial charge in [-0.1, -0.05) is 25.6 Å². The third-order valence-corrected chi connectivity index (χ3v) is 6.35. The number of piperazine rings is 1. The molecule has 0 N–H and O–H groups in total. The van der Waals surface area contributed by atoms with E-state index >= 15 is 0 Å². The topological polar surface area (TPSA) is 67.9 Å². The van der Waals surface area contributed by atoms with E-state index in [9.17, 15) is 4.79 Å². The maximum atomic E-state index is 12.6. The Morgan fingerprint density at radius 2 is 1.88 bits per heavy atom. The Bertz CT molecular complexity index is 1230. The van der Waals surface area contributed by atoms with Gasteiger partial charge in [0.2, 0.25) is 5.52 Å². The summed E-state index contributed by atoms with van der Waals surface area (Å²) in [5.74, 6) is 1.77. The summed E-state index contributed by atoms with van der Waals surface area (Å²) >= 11 is 0. The first-order chi connectivity index (χ1) is 15.9. The fraction of sp³-hybridized carbons (Fsp3) is 0.440. The number of rotatable bonds is 6. The number of aryl methyl sites for hydroxylation is 1. The molecule has 0 unspecified atom stereocenters. The molecule has 172 valence electrons. The maximum absolute atomic E-state index is 12.6. The number of aromatic nitrogens is 3. The van der Waals surface area contributed by atoms with E-state index in [1.165, 1.54) is 10.1 Å². The lowest BCUT2D eigenvalue weighted by molar-refractivity contribution is 0.142. The largest absolute Gasteiger partial charge is 0.494 e. The predicted octanol–water partition coefficient (Wildman–Crippen LogP) is 3.77. The van der Waals surface area contributed by atoms with Crippen LogP contribution in [0.1, 0.15) is 32.8 Å². The normalized spacial score (nSPS) is 18.9. The van der Waals surface area contributed by atoms with E-state index in [1.54, 1.807) is 19.2 Å². The number of ether oxygens (including phenoxy) is 1. The van der Waals surface area contributed by atoms with Crippen molar-refractivity contribution in [2.75, 3.05) is 24.6 Å². The van der Waals surface area contributed by atoms with E-state index in [0.29, 0.717) is 35.3 Å². The van der Waals surface area contributed by atoms with Gasteiger partial charge >= 0.3 is 5.69 Å². The van der Waals surface area contributed by atoms with Crippen molar-refractivity contribution in [1.29, 1.82) is 0 Å². The Kier molecular flexibility index (Phi) is 6.61. The summed E-state index contributed by atoms with van der Waals surface area (Å²) in [7, 11) is 1.69. The molecule has 33 heavy (non-hydrogen) atoms. The van der Waals surface area contributed by atoms with Crippen LogP contribution in [0.5, 0.6) is 5.75 Å². The highest BCUT2D eigenvalue weighted by Crippen LogP contribution is 2.29. The second-order valence-corrected chi connectivity index (χ2v) is 8.50. The molecule has 0 radical (unpaired) electrons. The molecule has 1 aliphatic heterocycles. The first-order valence-corrected chi connectivity index (χ1v) is 11.4. The van der Waals surface area contributed by atoms with Crippen molar-refractivity contribution >= 4 is 22.7 Å². The molecule has 2 atom stereocenters. The van der Waals surface area contributed by atoms with Gasteiger partial charge in [0, 0.05) is 38.8 Å². The highest BCUT2D eigenvalue weighted by Gasteiger charge is 2.33. The van der Waals surface area contributed by atoms with Crippen LogP contribution in [-0.2, 0) is 13.6 Å². The molecule has 8 heteroatoms. The van der Waals surface area contributed by atoms with E-state index in [1.807, 2.05) is 19.1 Å². The van der Waals surface area contributed by atoms with Crippen molar-refractivity contribution < 1.29 is 4.74 Å². The zero-order valence-corrected chi connectivity index (χ0v) is 19.7. The maximum Gasteiger partial charge on any atom is 0.350 e. The van der Waals surface area contributed by atoms with Crippen molar-refractivity contribution in [2.24, 2.45) is 7.05 Å². The third-order valence-electron chi connectivity index (χ3n) is 6.35. The first-order valence-electron chi connectivity index (χ1n) is 11.4. The Morgan fingerprint density at radius 3 is 2.55 bits per heavy atom. The molecule has 2 aromatic heterocycles. The van der Waals surface area contributed by atoms with E-state index in [4.69, 9.17) is 11.3 Å². The van der Waals surface area contributed by atoms with E-state index in [0.717, 1.165) is 31.8 Å². The lowest BCUT2D eigenvalue weighted by Crippen LogP contribution is -2.57. The molecular formula is C25H30N6O2. The SMILES string of the molecule is [C-]#[N+]c1ccc2c(n1)c(N1C[C@@H](CC)N(Cc3ccc(OCC)cc3)C[C@@H]1C)nc(=O)n2C. The second kappa shape index (κ2) is 9.59. The Hall–Kier alpha value is -3.44. The predicted molar refractivity (Wildman–Crippen MR) is 130 cm³/mol. The average Bonchev–Trinajstić information content (AvgIpc) is 2.83. The van der Waals surface area contributed by atoms with E-state index < -0.39 is 0 Å². The summed E-state index contributed by atoms with van der Waals surface area (Å²) in [6.07, 6.45) is 0.976. The van der Waals surface area contributed by atoms with Crippen LogP contribution in [0.3, 0.4) is 0 Å². The average molecular weight is 447 g/mol. The summed E-state index contributed by atoms with van der Waals surface area (Å²) in [6.45, 7) is 16.8. The Balaban J connectivity index is 1.63. The Labute approximate surface area is 194 Å². The van der Waals surface area contributed by atoms with E-state index in [-0.39, 0.29) is 11.7 Å². The van der Waals surface area contributed by atoms with Crippen molar-refractivity contribution in [3.8, 4) is 5.75 Å². The van der Waals surface area contributed by atoms with Gasteiger partial charge in [0.05, 0.1) is 12.1 Å². The van der Waals surface area contributed by atoms with Crippen LogP contribution in [0.4, 0.5) is 11.6 Å². The molecule has 3 heterocycles. The number of pyridine rings is 1. The van der Waals surface area contributed by atoms with Gasteiger partial charge in [-0.2, -0.15) is 4.98 Å². The van der Waals surface area contributed by atoms with Gasteiger partial charge in [0.1, 0.15) is 5.75 Å². The summed E-state index contributed by atoms with van der Waals surface area (Å²) in [6, 6.07) is 12.2. The fourth-order valence-electron chi connectivity index (χ4n) is 4.54. The lowest BCUT2D eigenvalue weighted by Gasteiger charge is -2.45. The molecular weight excluding hydrogens is 416 g/mol. The van der Waals surface area contributed by atoms with E-state index in [2.05, 4.69) is 50.6 Å². The standard InChI is InChI=1S/C25H30N6O2/c1-6-19-16-31(17(3)14-30(19)15-18-8-10-20(11-9-18)33-7-2)24-23-21(29(5)25(32)28-24)12-13-22(26-4)27-23/h8-13,17,19H,6-7,14-16H2,1-3,5H3/t17-,19+/m0/s1. The minimum Gasteiger partial charge on any atom is -0.494 e. The van der Waals surface area contributed by atoms with Gasteiger partial charge in [-0.25, -0.2) is 4.79 Å². The molecule has 1 aliphatic rings. The van der Waals surface area contributed by atoms with Crippen LogP contribution in [0.15, 0.2) is 41.2 Å². The second-order valence-electron chi connectivity index (χ2n) is 8.50. The number of fused-ring (bicyclic) bond motifs is 1. The number of nitrogens with zero attached hydrogens (tertiary/aromatic N) is 6. The van der Waals surface area contributed by atoms with Crippen LogP contribution in [-0.4, -0.2) is 51.2 Å². The molecule has 4 rings (SSSR count). The monoisotopic (exact) mass is 446 g/mol. The molecule has 1 fully saturated rings. The molecule has 0 aliphatic carbocycles. The van der Waals surface area contributed by atoms with Crippen LogP contribution in [0.25, 0.3) is 15.9 Å². The third kappa shape index (κ3) is 4.55. The van der Waals surface area contributed by atoms with Crippen LogP contribution < -0.4 is 15.3 Å². The van der Waals surface area contributed by atoms with Crippen molar-refractivity contribution in [3.05, 3.63) is 63.9 Å². The van der Waals surface area contributed by atoms with Gasteiger partial charge < -0.3 is 14.5 Å². The molecule has 0 saturated carbocycles. The minimum atomic E-state index is -0.313. The Morgan fingerprint density at radius 1 is 1.12 bits per heavy atom. The summed E-state index contributed by atoms with van der Waals surface area (Å²) in [5.41, 5.74) is 2.23. The molecule has 8 nitrogen and oxygen atoms in total. The first kappa shape index (κ1) is 22.7. The molecule has 1 saturated heterocycles. The van der Waals surface area contributed by atoms with Gasteiger partial charge in [0.15, 0.2) is 5.82 Å². The highest BCUT2D eigenvalue weighted by atomic mass is 16.5. The summed E-state index contributed by atoms with van der Waals surface area (Å²) in [4.78, 5) is 29.7. The van der Waals surface area contributed by atoms with Gasteiger partial charge in [-0.3, -0.25) is 9.47 Å². The number of hydrogen-bond donors (Lipinski definition) is 0. The fourth-order valence-corrected chi connectivity index (χ4v) is 4.54. The molecule has 1 aromatic carbocycles. The van der Waals surface area contributed by atoms with Gasteiger partial charge in [-0.05, 0) is 50.1 Å². The molecule has 0 bridgehead atoms. The number of hydrogen-bond acceptors (Lipinski definition) is 6. The van der Waals surface area contributed by atoms with Crippen LogP contribution in [0, 0.1) is 6.57 Å². The zero-order chi connectivity index (χ0) is 23.5. The molecule has 0 amide bonds. The molecule has 0 spiro atoms. The smallest absolute Gasteiger partial charge is 0.350 e. The van der Waals surface area contributed by atoms with Crippen LogP contribution >= 0.6 is 0 Å². The number of anilines is 1. The van der Waals surface area contributed by atoms with Crippen molar-refractivity contribution in [1.82, 2.24) is 19.4 Å². The lowest BCUT2D eigenvalue weighted by atomic mass is 10.0. The number of benzene rings is 1. The summed E-state index contributed by atoms with van der Waals surface area (Å²) in [5, 5.41) is 0. The van der Waals surface area contributed by atoms with Gasteiger partial charge in [-0.15, -0.1) is 4.98 Å². The molecule has 3 aromatic rings. The van der Waals surface area contributed by atoms with Gasteiger partial charge in [0.25, 0.3) is 5.82 Å². The highest BCUT2D eigenvalue weighted by molar-refractivity contribution is 5.87. The van der Waals surface area contributed by atoms with Crippen molar-refractivity contribution in [3.63, 3.8) is 0 Å². The van der Waals surface area contributed by atoms with Crippen molar-refractivity contribution in [2.45, 2.75) is 45.8 Å². The van der Waals surface area contributed by atoms with Crippen LogP contribution in [0.2, 0.25) is 0 Å². The minimum absolute atomic E-state index is 0.136. The summed E-state index contributed by atoms with van der Waals surface area (Å²) < 4.78 is 7.05.